The summed E-state index contributed by atoms with van der Waals surface area (Å²) in [4.78, 5) is 10.6. The van der Waals surface area contributed by atoms with E-state index in [-0.39, 0.29) is 23.6 Å². The Kier molecular flexibility index (Phi) is 10.2. The molecule has 0 aromatic heterocycles. The van der Waals surface area contributed by atoms with Crippen LogP contribution in [0.15, 0.2) is 36.4 Å². The van der Waals surface area contributed by atoms with E-state index in [2.05, 4.69) is 13.0 Å². The fourth-order valence-corrected chi connectivity index (χ4v) is 4.74. The molecular formula is C24H35ClO4. The molecule has 0 saturated heterocycles. The third kappa shape index (κ3) is 7.44. The molecule has 0 radical (unpaired) electrons. The maximum Gasteiger partial charge on any atom is 0.303 e. The lowest BCUT2D eigenvalue weighted by Gasteiger charge is -2.24. The number of alkyl halides is 1. The maximum absolute atomic E-state index is 10.7. The highest BCUT2D eigenvalue weighted by Crippen LogP contribution is 2.45. The van der Waals surface area contributed by atoms with Crippen LogP contribution in [0.1, 0.15) is 87.9 Å². The van der Waals surface area contributed by atoms with Gasteiger partial charge in [0.25, 0.3) is 0 Å². The van der Waals surface area contributed by atoms with Crippen molar-refractivity contribution in [3.05, 3.63) is 47.5 Å². The van der Waals surface area contributed by atoms with Crippen LogP contribution in [0.3, 0.4) is 0 Å². The quantitative estimate of drug-likeness (QED) is 0.233. The first kappa shape index (κ1) is 23.9. The summed E-state index contributed by atoms with van der Waals surface area (Å²) in [6, 6.07) is 7.97. The van der Waals surface area contributed by atoms with E-state index in [1.54, 1.807) is 0 Å². The first-order chi connectivity index (χ1) is 13.9. The summed E-state index contributed by atoms with van der Waals surface area (Å²) >= 11 is 6.57. The Morgan fingerprint density at radius 2 is 2.07 bits per heavy atom. The van der Waals surface area contributed by atoms with Crippen LogP contribution in [0.5, 0.6) is 0 Å². The standard InChI is InChI=1S/C24H35ClO4/c1-2-3-6-13-21(26)17-10-9-11-18(15-17)24-19(20(25)16-22(24)27)12-7-4-5-8-14-23(28)29/h4,7,9-11,15,19-22,24,26-27H,2-3,5-6,8,12-14,16H2,1H3,(H,28,29)/t19-,20+,21-,22+,24+/m0/s1. The van der Waals surface area contributed by atoms with E-state index < -0.39 is 18.2 Å². The minimum atomic E-state index is -0.769. The average Bonchev–Trinajstić information content (AvgIpc) is 2.97. The van der Waals surface area contributed by atoms with Crippen LogP contribution in [0, 0.1) is 5.92 Å². The molecule has 1 aromatic rings. The van der Waals surface area contributed by atoms with Gasteiger partial charge >= 0.3 is 5.97 Å². The summed E-state index contributed by atoms with van der Waals surface area (Å²) < 4.78 is 0. The molecule has 29 heavy (non-hydrogen) atoms. The molecule has 1 fully saturated rings. The van der Waals surface area contributed by atoms with Crippen molar-refractivity contribution in [1.82, 2.24) is 0 Å². The Hall–Kier alpha value is -1.36. The van der Waals surface area contributed by atoms with Crippen molar-refractivity contribution in [3.8, 4) is 0 Å². The molecule has 5 heteroatoms. The van der Waals surface area contributed by atoms with Gasteiger partial charge in [0.1, 0.15) is 0 Å². The molecule has 4 nitrogen and oxygen atoms in total. The van der Waals surface area contributed by atoms with E-state index in [1.165, 1.54) is 0 Å². The maximum atomic E-state index is 10.7. The number of benzene rings is 1. The number of halogens is 1. The Bertz CT molecular complexity index is 660. The Balaban J connectivity index is 2.03. The van der Waals surface area contributed by atoms with Crippen LogP contribution in [-0.4, -0.2) is 32.8 Å². The van der Waals surface area contributed by atoms with E-state index in [4.69, 9.17) is 16.7 Å². The zero-order chi connectivity index (χ0) is 21.2. The SMILES string of the molecule is CCCCC[C@H](O)c1cccc([C@@H]2[C@@H](CC=CCCCC(=O)O)[C@H](Cl)C[C@H]2O)c1. The van der Waals surface area contributed by atoms with Crippen molar-refractivity contribution in [2.45, 2.75) is 88.2 Å². The number of aliphatic carboxylic acids is 1. The molecule has 2 rings (SSSR count). The van der Waals surface area contributed by atoms with Gasteiger partial charge in [0.15, 0.2) is 0 Å². The molecule has 0 unspecified atom stereocenters. The third-order valence-corrected chi connectivity index (χ3v) is 6.41. The number of hydrogen-bond donors (Lipinski definition) is 3. The number of hydrogen-bond acceptors (Lipinski definition) is 3. The lowest BCUT2D eigenvalue weighted by molar-refractivity contribution is -0.137. The average molecular weight is 423 g/mol. The predicted molar refractivity (Wildman–Crippen MR) is 117 cm³/mol. The molecule has 0 aliphatic heterocycles. The van der Waals surface area contributed by atoms with Gasteiger partial charge < -0.3 is 15.3 Å². The van der Waals surface area contributed by atoms with E-state index >= 15 is 0 Å². The number of allylic oxidation sites excluding steroid dienone is 2. The van der Waals surface area contributed by atoms with Crippen LogP contribution in [0.2, 0.25) is 0 Å². The largest absolute Gasteiger partial charge is 0.481 e. The van der Waals surface area contributed by atoms with E-state index in [1.807, 2.05) is 30.3 Å². The van der Waals surface area contributed by atoms with Crippen molar-refractivity contribution in [2.24, 2.45) is 5.92 Å². The molecule has 0 heterocycles. The van der Waals surface area contributed by atoms with Gasteiger partial charge in [-0.25, -0.2) is 0 Å². The Labute approximate surface area is 179 Å². The number of carbonyl (C=O) groups is 1. The van der Waals surface area contributed by atoms with Crippen LogP contribution < -0.4 is 0 Å². The van der Waals surface area contributed by atoms with Crippen LogP contribution in [-0.2, 0) is 4.79 Å². The van der Waals surface area contributed by atoms with Gasteiger partial charge in [0, 0.05) is 17.7 Å². The molecule has 0 amide bonds. The number of carboxylic acid groups (broad SMARTS) is 1. The third-order valence-electron chi connectivity index (χ3n) is 5.90. The summed E-state index contributed by atoms with van der Waals surface area (Å²) in [6.07, 6.45) is 9.99. The number of aliphatic hydroxyl groups excluding tert-OH is 2. The van der Waals surface area contributed by atoms with Crippen LogP contribution in [0.4, 0.5) is 0 Å². The molecule has 5 atom stereocenters. The van der Waals surface area contributed by atoms with E-state index in [9.17, 15) is 15.0 Å². The lowest BCUT2D eigenvalue weighted by Crippen LogP contribution is -2.18. The normalized spacial score (nSPS) is 25.5. The fourth-order valence-electron chi connectivity index (χ4n) is 4.30. The summed E-state index contributed by atoms with van der Waals surface area (Å²) in [5, 5.41) is 29.8. The van der Waals surface area contributed by atoms with Gasteiger partial charge in [-0.05, 0) is 49.1 Å². The topological polar surface area (TPSA) is 77.8 Å². The van der Waals surface area contributed by atoms with Crippen molar-refractivity contribution in [2.75, 3.05) is 0 Å². The first-order valence-corrected chi connectivity index (χ1v) is 11.3. The second-order valence-corrected chi connectivity index (χ2v) is 8.74. The first-order valence-electron chi connectivity index (χ1n) is 10.9. The van der Waals surface area contributed by atoms with Crippen molar-refractivity contribution in [3.63, 3.8) is 0 Å². The summed E-state index contributed by atoms with van der Waals surface area (Å²) in [5.74, 6) is -0.700. The minimum absolute atomic E-state index is 0.0519. The number of carboxylic acids is 1. The molecule has 1 aliphatic rings. The van der Waals surface area contributed by atoms with Gasteiger partial charge in [-0.2, -0.15) is 0 Å². The Morgan fingerprint density at radius 1 is 1.28 bits per heavy atom. The van der Waals surface area contributed by atoms with Gasteiger partial charge in [0.05, 0.1) is 12.2 Å². The fraction of sp³-hybridized carbons (Fsp3) is 0.625. The second kappa shape index (κ2) is 12.4. The van der Waals surface area contributed by atoms with Crippen LogP contribution >= 0.6 is 11.6 Å². The summed E-state index contributed by atoms with van der Waals surface area (Å²) in [6.45, 7) is 2.15. The molecule has 1 aliphatic carbocycles. The summed E-state index contributed by atoms with van der Waals surface area (Å²) in [5.41, 5.74) is 1.95. The highest BCUT2D eigenvalue weighted by atomic mass is 35.5. The molecule has 0 spiro atoms. The predicted octanol–water partition coefficient (Wildman–Crippen LogP) is 5.57. The highest BCUT2D eigenvalue weighted by molar-refractivity contribution is 6.21. The number of unbranched alkanes of at least 4 members (excludes halogenated alkanes) is 3. The van der Waals surface area contributed by atoms with E-state index in [0.29, 0.717) is 12.8 Å². The molecule has 3 N–H and O–H groups in total. The van der Waals surface area contributed by atoms with Gasteiger partial charge in [-0.1, -0.05) is 62.6 Å². The molecule has 1 aromatic carbocycles. The van der Waals surface area contributed by atoms with Gasteiger partial charge in [-0.15, -0.1) is 11.6 Å². The van der Waals surface area contributed by atoms with Crippen LogP contribution in [0.25, 0.3) is 0 Å². The van der Waals surface area contributed by atoms with Gasteiger partial charge in [0.2, 0.25) is 0 Å². The molecule has 0 bridgehead atoms. The molecule has 162 valence electrons. The zero-order valence-corrected chi connectivity index (χ0v) is 18.1. The summed E-state index contributed by atoms with van der Waals surface area (Å²) in [7, 11) is 0. The lowest BCUT2D eigenvalue weighted by atomic mass is 9.84. The monoisotopic (exact) mass is 422 g/mol. The van der Waals surface area contributed by atoms with Crippen molar-refractivity contribution < 1.29 is 20.1 Å². The Morgan fingerprint density at radius 3 is 2.79 bits per heavy atom. The van der Waals surface area contributed by atoms with Crippen molar-refractivity contribution in [1.29, 1.82) is 0 Å². The number of rotatable bonds is 12. The number of aliphatic hydroxyl groups is 2. The zero-order valence-electron chi connectivity index (χ0n) is 17.3. The van der Waals surface area contributed by atoms with E-state index in [0.717, 1.165) is 49.7 Å². The minimum Gasteiger partial charge on any atom is -0.481 e. The smallest absolute Gasteiger partial charge is 0.303 e. The van der Waals surface area contributed by atoms with Gasteiger partial charge in [-0.3, -0.25) is 4.79 Å². The highest BCUT2D eigenvalue weighted by Gasteiger charge is 2.41. The molecule has 1 saturated carbocycles. The van der Waals surface area contributed by atoms with Crippen molar-refractivity contribution >= 4 is 17.6 Å². The molecular weight excluding hydrogens is 388 g/mol. The second-order valence-electron chi connectivity index (χ2n) is 8.18.